The van der Waals surface area contributed by atoms with E-state index in [4.69, 9.17) is 28.2 Å². The molecule has 4 aliphatic rings. The quantitative estimate of drug-likeness (QED) is 0.111. The van der Waals surface area contributed by atoms with Gasteiger partial charge in [-0.3, -0.25) is 18.9 Å². The van der Waals surface area contributed by atoms with E-state index >= 15 is 0 Å². The van der Waals surface area contributed by atoms with E-state index in [9.17, 15) is 40.4 Å². The Labute approximate surface area is 221 Å². The maximum Gasteiger partial charge on any atom is 0.431 e. The summed E-state index contributed by atoms with van der Waals surface area (Å²) in [5, 5.41) is -5.68. The molecule has 6 atom stereocenters. The molecule has 3 aliphatic heterocycles. The van der Waals surface area contributed by atoms with Crippen molar-refractivity contribution >= 4 is 28.0 Å². The van der Waals surface area contributed by atoms with E-state index in [-0.39, 0.29) is 19.4 Å². The van der Waals surface area contributed by atoms with Crippen LogP contribution >= 0.6 is 0 Å². The molecule has 0 spiro atoms. The van der Waals surface area contributed by atoms with Crippen LogP contribution in [0.4, 0.5) is 17.6 Å². The first kappa shape index (κ1) is 29.9. The van der Waals surface area contributed by atoms with Gasteiger partial charge in [-0.25, -0.2) is 0 Å². The molecule has 39 heavy (non-hydrogen) atoms. The first-order valence-electron chi connectivity index (χ1n) is 12.7. The molecular formula is C23H30F4O11S. The molecule has 0 aromatic heterocycles. The van der Waals surface area contributed by atoms with Crippen LogP contribution in [-0.2, 0) is 48.2 Å². The predicted molar refractivity (Wildman–Crippen MR) is 119 cm³/mol. The number of ether oxygens (including phenoxy) is 5. The highest BCUT2D eigenvalue weighted by Gasteiger charge is 2.72. The largest absolute Gasteiger partial charge is 0.459 e. The van der Waals surface area contributed by atoms with Crippen molar-refractivity contribution in [2.45, 2.75) is 99.5 Å². The molecule has 4 rings (SSSR count). The van der Waals surface area contributed by atoms with E-state index < -0.39 is 94.1 Å². The van der Waals surface area contributed by atoms with Crippen LogP contribution in [0.2, 0.25) is 0 Å². The van der Waals surface area contributed by atoms with Crippen molar-refractivity contribution in [2.24, 2.45) is 11.8 Å². The van der Waals surface area contributed by atoms with Crippen LogP contribution in [0.5, 0.6) is 0 Å². The van der Waals surface area contributed by atoms with Crippen molar-refractivity contribution in [1.29, 1.82) is 0 Å². The number of fused-ring (bicyclic) bond motifs is 1. The van der Waals surface area contributed by atoms with E-state index in [2.05, 4.69) is 0 Å². The number of esters is 3. The summed E-state index contributed by atoms with van der Waals surface area (Å²) in [4.78, 5) is 38.1. The van der Waals surface area contributed by atoms with E-state index in [1.807, 2.05) is 6.92 Å². The zero-order chi connectivity index (χ0) is 28.8. The monoisotopic (exact) mass is 590 g/mol. The lowest BCUT2D eigenvalue weighted by atomic mass is 9.78. The van der Waals surface area contributed by atoms with Crippen molar-refractivity contribution in [3.63, 3.8) is 0 Å². The van der Waals surface area contributed by atoms with E-state index in [1.165, 1.54) is 0 Å². The SMILES string of the molecule is CCC1(OC(=O)C2C3OC4C(OC(=O)C42)C3OC(=O)CCCOCCC(F)(F)C(F)(F)S(=O)(=O)O)CCCC1. The second-order valence-corrected chi connectivity index (χ2v) is 11.8. The second kappa shape index (κ2) is 10.7. The first-order valence-corrected chi connectivity index (χ1v) is 14.2. The van der Waals surface area contributed by atoms with Gasteiger partial charge in [-0.15, -0.1) is 0 Å². The van der Waals surface area contributed by atoms with E-state index in [0.29, 0.717) is 6.42 Å². The topological polar surface area (TPSA) is 152 Å². The summed E-state index contributed by atoms with van der Waals surface area (Å²) in [6.45, 7) is 0.616. The number of carbonyl (C=O) groups is 3. The average molecular weight is 591 g/mol. The molecule has 11 nitrogen and oxygen atoms in total. The molecule has 3 heterocycles. The van der Waals surface area contributed by atoms with Crippen LogP contribution in [-0.4, -0.2) is 85.3 Å². The van der Waals surface area contributed by atoms with Crippen molar-refractivity contribution in [3.05, 3.63) is 0 Å². The molecule has 0 radical (unpaired) electrons. The Kier molecular flexibility index (Phi) is 8.25. The molecule has 0 aromatic carbocycles. The molecule has 3 saturated heterocycles. The van der Waals surface area contributed by atoms with Crippen LogP contribution < -0.4 is 0 Å². The summed E-state index contributed by atoms with van der Waals surface area (Å²) >= 11 is 0. The van der Waals surface area contributed by atoms with Crippen LogP contribution in [0.3, 0.4) is 0 Å². The third-order valence-electron chi connectivity index (χ3n) is 7.90. The fourth-order valence-electron chi connectivity index (χ4n) is 5.73. The normalized spacial score (nSPS) is 31.4. The third kappa shape index (κ3) is 5.48. The summed E-state index contributed by atoms with van der Waals surface area (Å²) in [5.41, 5.74) is -0.598. The van der Waals surface area contributed by atoms with Gasteiger partial charge in [0.2, 0.25) is 0 Å². The molecule has 2 bridgehead atoms. The fraction of sp³-hybridized carbons (Fsp3) is 0.870. The Bertz CT molecular complexity index is 1080. The van der Waals surface area contributed by atoms with Gasteiger partial charge in [0.1, 0.15) is 29.6 Å². The lowest BCUT2D eigenvalue weighted by Gasteiger charge is -2.32. The van der Waals surface area contributed by atoms with Gasteiger partial charge in [-0.1, -0.05) is 6.92 Å². The van der Waals surface area contributed by atoms with Gasteiger partial charge in [0.25, 0.3) is 0 Å². The molecular weight excluding hydrogens is 560 g/mol. The van der Waals surface area contributed by atoms with Crippen molar-refractivity contribution in [3.8, 4) is 0 Å². The van der Waals surface area contributed by atoms with E-state index in [0.717, 1.165) is 25.7 Å². The van der Waals surface area contributed by atoms with Crippen molar-refractivity contribution < 1.29 is 68.6 Å². The number of halogens is 4. The fourth-order valence-corrected chi connectivity index (χ4v) is 6.21. The second-order valence-electron chi connectivity index (χ2n) is 10.3. The Morgan fingerprint density at radius 1 is 1.10 bits per heavy atom. The highest BCUT2D eigenvalue weighted by atomic mass is 32.2. The highest BCUT2D eigenvalue weighted by molar-refractivity contribution is 7.87. The molecule has 0 amide bonds. The lowest BCUT2D eigenvalue weighted by molar-refractivity contribution is -0.173. The maximum atomic E-state index is 13.5. The maximum absolute atomic E-state index is 13.5. The third-order valence-corrected chi connectivity index (χ3v) is 8.85. The molecule has 16 heteroatoms. The van der Waals surface area contributed by atoms with Crippen LogP contribution in [0.15, 0.2) is 0 Å². The van der Waals surface area contributed by atoms with Crippen LogP contribution in [0.25, 0.3) is 0 Å². The Balaban J connectivity index is 1.25. The molecule has 1 saturated carbocycles. The number of rotatable bonds is 13. The molecule has 0 aromatic rings. The first-order chi connectivity index (χ1) is 18.1. The minimum atomic E-state index is -6.33. The molecule has 222 valence electrons. The summed E-state index contributed by atoms with van der Waals surface area (Å²) in [6, 6.07) is 0. The summed E-state index contributed by atoms with van der Waals surface area (Å²) in [5.74, 6) is -8.93. The zero-order valence-electron chi connectivity index (χ0n) is 21.0. The van der Waals surface area contributed by atoms with Gasteiger partial charge in [-0.2, -0.15) is 26.0 Å². The minimum absolute atomic E-state index is 0.0711. The van der Waals surface area contributed by atoms with Gasteiger partial charge in [0, 0.05) is 19.4 Å². The molecule has 1 N–H and O–H groups in total. The summed E-state index contributed by atoms with van der Waals surface area (Å²) in [6.07, 6.45) is -1.78. The van der Waals surface area contributed by atoms with Crippen molar-refractivity contribution in [2.75, 3.05) is 13.2 Å². The summed E-state index contributed by atoms with van der Waals surface area (Å²) in [7, 11) is -6.33. The smallest absolute Gasteiger partial charge is 0.431 e. The Hall–Kier alpha value is -2.04. The van der Waals surface area contributed by atoms with Gasteiger partial charge in [-0.05, 0) is 38.5 Å². The van der Waals surface area contributed by atoms with Gasteiger partial charge in [0.05, 0.1) is 6.61 Å². The number of hydrogen-bond acceptors (Lipinski definition) is 10. The molecule has 4 fully saturated rings. The van der Waals surface area contributed by atoms with Gasteiger partial charge in [0.15, 0.2) is 12.2 Å². The van der Waals surface area contributed by atoms with Gasteiger partial charge < -0.3 is 23.7 Å². The summed E-state index contributed by atoms with van der Waals surface area (Å²) < 4.78 is 110. The molecule has 1 aliphatic carbocycles. The Morgan fingerprint density at radius 3 is 2.38 bits per heavy atom. The molecule has 6 unspecified atom stereocenters. The zero-order valence-corrected chi connectivity index (χ0v) is 21.8. The standard InChI is InChI=1S/C23H30F4O11S/c1-2-21(7-3-4-8-21)38-20(30)14-13-15-18(37-19(13)29)17(16(14)36-15)35-12(28)6-5-10-34-11-9-22(24,25)23(26,27)39(31,32)33/h13-18H,2-11H2,1H3,(H,31,32,33). The number of hydrogen-bond donors (Lipinski definition) is 1. The van der Waals surface area contributed by atoms with Crippen LogP contribution in [0, 0.1) is 11.8 Å². The predicted octanol–water partition coefficient (Wildman–Crippen LogP) is 2.41. The number of alkyl halides is 4. The Morgan fingerprint density at radius 2 is 1.77 bits per heavy atom. The minimum Gasteiger partial charge on any atom is -0.459 e. The number of carbonyl (C=O) groups excluding carboxylic acids is 3. The van der Waals surface area contributed by atoms with Crippen molar-refractivity contribution in [1.82, 2.24) is 0 Å². The average Bonchev–Trinajstić information content (AvgIpc) is 3.59. The van der Waals surface area contributed by atoms with Gasteiger partial charge >= 0.3 is 39.2 Å². The van der Waals surface area contributed by atoms with E-state index in [1.54, 1.807) is 0 Å². The van der Waals surface area contributed by atoms with Crippen LogP contribution in [0.1, 0.15) is 58.3 Å². The lowest BCUT2D eigenvalue weighted by Crippen LogP contribution is -2.49. The highest BCUT2D eigenvalue weighted by Crippen LogP contribution is 2.52.